The summed E-state index contributed by atoms with van der Waals surface area (Å²) in [5, 5.41) is 10.6. The summed E-state index contributed by atoms with van der Waals surface area (Å²) < 4.78 is 21.6. The Morgan fingerprint density at radius 1 is 0.691 bits per heavy atom. The monoisotopic (exact) mass is 812 g/mol. The normalized spacial score (nSPS) is 13.4. The standard InChI is InChI=1S/C39H64N4O10S2/c1-12-50-31(44)21-24-55-34(47)30(25-26-16-18-27(19-17-26)51-37(2,3)4)42-33(46)29(20-23-54-11)41-32(45)28(43-36(49)53-39(8,9)10)15-13-14-22-40-35(48)52-38(5,6)7/h16-19,28-30H,12-15,20-25H2,1-11H3,(H,40,48)(H,41,45)(H,42,46)(H,43,49)/t28-,29-,30-/m0/s1. The van der Waals surface area contributed by atoms with E-state index in [9.17, 15) is 28.8 Å². The summed E-state index contributed by atoms with van der Waals surface area (Å²) in [6.07, 6.45) is 2.04. The number of carbonyl (C=O) groups is 6. The highest BCUT2D eigenvalue weighted by molar-refractivity contribution is 8.13. The van der Waals surface area contributed by atoms with E-state index < -0.39 is 64.9 Å². The predicted molar refractivity (Wildman–Crippen MR) is 217 cm³/mol. The summed E-state index contributed by atoms with van der Waals surface area (Å²) in [7, 11) is 0. The first-order valence-corrected chi connectivity index (χ1v) is 21.1. The van der Waals surface area contributed by atoms with Crippen molar-refractivity contribution in [3.05, 3.63) is 29.8 Å². The second-order valence-corrected chi connectivity index (χ2v) is 17.9. The van der Waals surface area contributed by atoms with Gasteiger partial charge in [-0.3, -0.25) is 19.2 Å². The van der Waals surface area contributed by atoms with Crippen molar-refractivity contribution in [1.29, 1.82) is 0 Å². The van der Waals surface area contributed by atoms with E-state index in [-0.39, 0.29) is 49.7 Å². The number of rotatable bonds is 21. The zero-order valence-electron chi connectivity index (χ0n) is 34.5. The average Bonchev–Trinajstić information content (AvgIpc) is 3.04. The van der Waals surface area contributed by atoms with Crippen LogP contribution in [0.2, 0.25) is 0 Å². The number of carbonyl (C=O) groups excluding carboxylic acids is 6. The lowest BCUT2D eigenvalue weighted by Crippen LogP contribution is -2.56. The summed E-state index contributed by atoms with van der Waals surface area (Å²) in [6.45, 7) is 18.4. The van der Waals surface area contributed by atoms with Crippen LogP contribution in [0.4, 0.5) is 9.59 Å². The van der Waals surface area contributed by atoms with Crippen molar-refractivity contribution in [2.45, 2.75) is 143 Å². The zero-order chi connectivity index (χ0) is 41.8. The molecule has 0 unspecified atom stereocenters. The van der Waals surface area contributed by atoms with E-state index in [1.807, 2.05) is 39.2 Å². The summed E-state index contributed by atoms with van der Waals surface area (Å²) in [6, 6.07) is 4.13. The minimum absolute atomic E-state index is 0.0270. The van der Waals surface area contributed by atoms with Crippen LogP contribution in [-0.4, -0.2) is 101 Å². The first kappa shape index (κ1) is 49.4. The molecule has 0 aliphatic carbocycles. The van der Waals surface area contributed by atoms with Gasteiger partial charge in [-0.05, 0) is 125 Å². The second-order valence-electron chi connectivity index (χ2n) is 15.8. The van der Waals surface area contributed by atoms with Crippen LogP contribution in [0.25, 0.3) is 0 Å². The number of hydrogen-bond acceptors (Lipinski definition) is 12. The highest BCUT2D eigenvalue weighted by atomic mass is 32.2. The smallest absolute Gasteiger partial charge is 0.408 e. The minimum atomic E-state index is -1.06. The van der Waals surface area contributed by atoms with Crippen molar-refractivity contribution >= 4 is 58.6 Å². The summed E-state index contributed by atoms with van der Waals surface area (Å²) in [5.41, 5.74) is -1.11. The molecule has 312 valence electrons. The van der Waals surface area contributed by atoms with Crippen LogP contribution < -0.4 is 26.0 Å². The molecule has 0 saturated heterocycles. The van der Waals surface area contributed by atoms with Gasteiger partial charge in [0.2, 0.25) is 16.9 Å². The number of benzene rings is 1. The molecule has 1 aromatic carbocycles. The molecule has 14 nitrogen and oxygen atoms in total. The molecule has 4 N–H and O–H groups in total. The Morgan fingerprint density at radius 3 is 1.80 bits per heavy atom. The fourth-order valence-corrected chi connectivity index (χ4v) is 6.08. The first-order valence-electron chi connectivity index (χ1n) is 18.7. The maximum Gasteiger partial charge on any atom is 0.408 e. The SMILES string of the molecule is CCOC(=O)CCSC(=O)[C@H](Cc1ccc(OC(C)(C)C)cc1)NC(=O)[C@H](CCSC)NC(=O)[C@H](CCCCNC(=O)OC(C)(C)C)NC(=O)OC(C)(C)C. The third-order valence-corrected chi connectivity index (χ3v) is 8.70. The van der Waals surface area contributed by atoms with E-state index in [0.717, 1.165) is 17.3 Å². The van der Waals surface area contributed by atoms with Gasteiger partial charge in [0.15, 0.2) is 0 Å². The van der Waals surface area contributed by atoms with Gasteiger partial charge < -0.3 is 40.2 Å². The average molecular weight is 813 g/mol. The molecule has 1 rings (SSSR count). The largest absolute Gasteiger partial charge is 0.488 e. The van der Waals surface area contributed by atoms with Crippen LogP contribution in [0, 0.1) is 0 Å². The molecule has 0 fully saturated rings. The summed E-state index contributed by atoms with van der Waals surface area (Å²) in [4.78, 5) is 78.0. The number of ether oxygens (including phenoxy) is 4. The third kappa shape index (κ3) is 23.8. The van der Waals surface area contributed by atoms with Gasteiger partial charge in [-0.1, -0.05) is 23.9 Å². The van der Waals surface area contributed by atoms with Crippen LogP contribution in [0.5, 0.6) is 5.75 Å². The molecule has 0 aromatic heterocycles. The molecule has 0 radical (unpaired) electrons. The van der Waals surface area contributed by atoms with Gasteiger partial charge in [0, 0.05) is 18.7 Å². The van der Waals surface area contributed by atoms with Crippen LogP contribution in [0.15, 0.2) is 24.3 Å². The first-order chi connectivity index (χ1) is 25.5. The number of hydrogen-bond donors (Lipinski definition) is 4. The highest BCUT2D eigenvalue weighted by Gasteiger charge is 2.31. The summed E-state index contributed by atoms with van der Waals surface area (Å²) >= 11 is 2.40. The Labute approximate surface area is 335 Å². The lowest BCUT2D eigenvalue weighted by atomic mass is 10.0. The van der Waals surface area contributed by atoms with Crippen LogP contribution in [0.1, 0.15) is 107 Å². The van der Waals surface area contributed by atoms with Crippen molar-refractivity contribution < 1.29 is 47.7 Å². The quantitative estimate of drug-likeness (QED) is 0.0652. The van der Waals surface area contributed by atoms with Gasteiger partial charge in [0.25, 0.3) is 0 Å². The molecule has 4 amide bonds. The van der Waals surface area contributed by atoms with Crippen LogP contribution >= 0.6 is 23.5 Å². The van der Waals surface area contributed by atoms with E-state index in [1.165, 1.54) is 11.8 Å². The van der Waals surface area contributed by atoms with Gasteiger partial charge in [0.05, 0.1) is 13.0 Å². The highest BCUT2D eigenvalue weighted by Crippen LogP contribution is 2.21. The Morgan fingerprint density at radius 2 is 1.25 bits per heavy atom. The maximum absolute atomic E-state index is 13.9. The van der Waals surface area contributed by atoms with Crippen molar-refractivity contribution in [3.8, 4) is 5.75 Å². The second kappa shape index (κ2) is 24.1. The lowest BCUT2D eigenvalue weighted by Gasteiger charge is -2.26. The molecule has 0 spiro atoms. The lowest BCUT2D eigenvalue weighted by molar-refractivity contribution is -0.142. The number of nitrogens with one attached hydrogen (secondary N) is 4. The van der Waals surface area contributed by atoms with Crippen LogP contribution in [0.3, 0.4) is 0 Å². The van der Waals surface area contributed by atoms with E-state index >= 15 is 0 Å². The van der Waals surface area contributed by atoms with Gasteiger partial charge in [-0.25, -0.2) is 9.59 Å². The molecule has 16 heteroatoms. The third-order valence-electron chi connectivity index (χ3n) is 7.08. The van der Waals surface area contributed by atoms with E-state index in [0.29, 0.717) is 24.3 Å². The molecule has 0 bridgehead atoms. The number of amides is 4. The van der Waals surface area contributed by atoms with Gasteiger partial charge in [0.1, 0.15) is 40.7 Å². The van der Waals surface area contributed by atoms with E-state index in [1.54, 1.807) is 60.6 Å². The number of esters is 1. The van der Waals surface area contributed by atoms with Crippen molar-refractivity contribution in [3.63, 3.8) is 0 Å². The van der Waals surface area contributed by atoms with Gasteiger partial charge >= 0.3 is 18.2 Å². The molecule has 0 heterocycles. The Kier molecular flexibility index (Phi) is 21.6. The van der Waals surface area contributed by atoms with E-state index in [4.69, 9.17) is 18.9 Å². The summed E-state index contributed by atoms with van der Waals surface area (Å²) in [5.74, 6) is -0.265. The van der Waals surface area contributed by atoms with Crippen LogP contribution in [-0.2, 0) is 39.8 Å². The Bertz CT molecular complexity index is 1390. The molecular formula is C39H64N4O10S2. The maximum atomic E-state index is 13.9. The Hall–Kier alpha value is -3.66. The van der Waals surface area contributed by atoms with Gasteiger partial charge in [-0.2, -0.15) is 11.8 Å². The number of unbranched alkanes of at least 4 members (excludes halogenated alkanes) is 1. The minimum Gasteiger partial charge on any atom is -0.488 e. The topological polar surface area (TPSA) is 187 Å². The molecule has 55 heavy (non-hydrogen) atoms. The molecule has 0 saturated carbocycles. The number of alkyl carbamates (subject to hydrolysis) is 2. The van der Waals surface area contributed by atoms with E-state index in [2.05, 4.69) is 21.3 Å². The molecule has 0 aliphatic rings. The van der Waals surface area contributed by atoms with Crippen molar-refractivity contribution in [2.75, 3.05) is 30.9 Å². The predicted octanol–water partition coefficient (Wildman–Crippen LogP) is 5.93. The number of thioether (sulfide) groups is 2. The van der Waals surface area contributed by atoms with Crippen molar-refractivity contribution in [1.82, 2.24) is 21.3 Å². The Balaban J connectivity index is 3.20. The van der Waals surface area contributed by atoms with Crippen molar-refractivity contribution in [2.24, 2.45) is 0 Å². The van der Waals surface area contributed by atoms with Gasteiger partial charge in [-0.15, -0.1) is 0 Å². The zero-order valence-corrected chi connectivity index (χ0v) is 36.1. The molecular weight excluding hydrogens is 749 g/mol. The molecule has 1 aromatic rings. The fraction of sp³-hybridized carbons (Fsp3) is 0.692. The fourth-order valence-electron chi connectivity index (χ4n) is 4.79. The molecule has 0 aliphatic heterocycles. The molecule has 3 atom stereocenters.